The highest BCUT2D eigenvalue weighted by molar-refractivity contribution is 6.30. The van der Waals surface area contributed by atoms with Crippen LogP contribution in [0.3, 0.4) is 0 Å². The molecule has 6 heteroatoms. The highest BCUT2D eigenvalue weighted by Crippen LogP contribution is 2.23. The molecule has 0 radical (unpaired) electrons. The van der Waals surface area contributed by atoms with Crippen LogP contribution in [-0.2, 0) is 4.74 Å². The van der Waals surface area contributed by atoms with Crippen molar-refractivity contribution < 1.29 is 19.1 Å². The number of hydrogen-bond acceptors (Lipinski definition) is 4. The largest absolute Gasteiger partial charge is 0.483 e. The molecule has 122 valence electrons. The number of hydrogen-bond donors (Lipinski definition) is 1. The Bertz CT molecular complexity index is 734. The molecule has 0 aliphatic carbocycles. The van der Waals surface area contributed by atoms with Crippen molar-refractivity contribution in [3.05, 3.63) is 51.8 Å². The van der Waals surface area contributed by atoms with E-state index in [9.17, 15) is 9.59 Å². The van der Waals surface area contributed by atoms with E-state index in [0.717, 1.165) is 0 Å². The van der Waals surface area contributed by atoms with Gasteiger partial charge in [0.15, 0.2) is 6.10 Å². The Balaban J connectivity index is 2.24. The fraction of sp³-hybridized carbons (Fsp3) is 0.294. The second-order valence-corrected chi connectivity index (χ2v) is 5.63. The maximum absolute atomic E-state index is 12.7. The van der Waals surface area contributed by atoms with E-state index in [4.69, 9.17) is 21.1 Å². The summed E-state index contributed by atoms with van der Waals surface area (Å²) in [6.07, 6.45) is -0.699. The van der Waals surface area contributed by atoms with Crippen LogP contribution >= 0.6 is 11.6 Å². The van der Waals surface area contributed by atoms with Crippen molar-refractivity contribution in [1.29, 1.82) is 0 Å². The number of aryl methyl sites for hydroxylation is 1. The van der Waals surface area contributed by atoms with E-state index < -0.39 is 12.1 Å². The first-order valence-electron chi connectivity index (χ1n) is 7.09. The summed E-state index contributed by atoms with van der Waals surface area (Å²) in [6.45, 7) is 5.11. The van der Waals surface area contributed by atoms with Crippen molar-refractivity contribution in [2.75, 3.05) is 7.11 Å². The summed E-state index contributed by atoms with van der Waals surface area (Å²) in [6, 6.07) is 6.78. The summed E-state index contributed by atoms with van der Waals surface area (Å²) < 4.78 is 10.4. The van der Waals surface area contributed by atoms with E-state index in [1.54, 1.807) is 45.0 Å². The highest BCUT2D eigenvalue weighted by Gasteiger charge is 2.26. The summed E-state index contributed by atoms with van der Waals surface area (Å²) >= 11 is 5.82. The quantitative estimate of drug-likeness (QED) is 0.668. The number of carbonyl (C=O) groups excluding carboxylic acids is 2. The van der Waals surface area contributed by atoms with Gasteiger partial charge < -0.3 is 14.5 Å². The number of nitrogens with one attached hydrogen (secondary N) is 1. The van der Waals surface area contributed by atoms with Gasteiger partial charge in [0.1, 0.15) is 11.4 Å². The van der Waals surface area contributed by atoms with Gasteiger partial charge in [-0.2, -0.15) is 0 Å². The Morgan fingerprint density at radius 1 is 1.17 bits per heavy atom. The van der Waals surface area contributed by atoms with E-state index in [1.165, 1.54) is 7.11 Å². The van der Waals surface area contributed by atoms with E-state index in [-0.39, 0.29) is 11.5 Å². The molecule has 0 amide bonds. The Morgan fingerprint density at radius 3 is 2.35 bits per heavy atom. The number of methoxy groups -OCH3 is 1. The van der Waals surface area contributed by atoms with Gasteiger partial charge in [-0.1, -0.05) is 11.6 Å². The molecule has 0 spiro atoms. The Morgan fingerprint density at radius 2 is 1.78 bits per heavy atom. The van der Waals surface area contributed by atoms with Crippen molar-refractivity contribution in [3.8, 4) is 5.75 Å². The fourth-order valence-corrected chi connectivity index (χ4v) is 2.53. The second-order valence-electron chi connectivity index (χ2n) is 5.19. The van der Waals surface area contributed by atoms with Crippen LogP contribution in [0.1, 0.15) is 39.0 Å². The molecule has 1 unspecified atom stereocenters. The van der Waals surface area contributed by atoms with Crippen LogP contribution < -0.4 is 4.74 Å². The summed E-state index contributed by atoms with van der Waals surface area (Å²) in [5, 5.41) is 0.594. The number of aromatic amines is 1. The zero-order chi connectivity index (χ0) is 17.1. The molecule has 2 rings (SSSR count). The first-order valence-corrected chi connectivity index (χ1v) is 7.46. The molecule has 0 aliphatic heterocycles. The van der Waals surface area contributed by atoms with Crippen molar-refractivity contribution in [1.82, 2.24) is 4.98 Å². The van der Waals surface area contributed by atoms with Gasteiger partial charge in [0, 0.05) is 16.3 Å². The summed E-state index contributed by atoms with van der Waals surface area (Å²) in [7, 11) is 1.30. The molecular weight excluding hydrogens is 318 g/mol. The number of ketones is 1. The number of ether oxygens (including phenoxy) is 2. The number of halogens is 1. The van der Waals surface area contributed by atoms with Gasteiger partial charge in [0.2, 0.25) is 5.78 Å². The van der Waals surface area contributed by atoms with Crippen LogP contribution in [0.25, 0.3) is 0 Å². The molecule has 0 aliphatic rings. The topological polar surface area (TPSA) is 68.4 Å². The molecule has 1 aromatic carbocycles. The Labute approximate surface area is 139 Å². The molecule has 2 aromatic rings. The maximum atomic E-state index is 12.7. The number of H-pyrrole nitrogens is 1. The van der Waals surface area contributed by atoms with Crippen molar-refractivity contribution >= 4 is 23.4 Å². The molecule has 1 heterocycles. The van der Waals surface area contributed by atoms with Crippen LogP contribution in [0.5, 0.6) is 5.75 Å². The van der Waals surface area contributed by atoms with Crippen LogP contribution in [-0.4, -0.2) is 30.0 Å². The minimum absolute atomic E-state index is 0.207. The Kier molecular flexibility index (Phi) is 5.11. The van der Waals surface area contributed by atoms with E-state index in [1.807, 2.05) is 0 Å². The van der Waals surface area contributed by atoms with E-state index in [0.29, 0.717) is 27.6 Å². The minimum Gasteiger partial charge on any atom is -0.483 e. The normalized spacial score (nSPS) is 11.9. The molecular formula is C17H18ClNO4. The predicted molar refractivity (Wildman–Crippen MR) is 87.5 cm³/mol. The van der Waals surface area contributed by atoms with Gasteiger partial charge in [-0.25, -0.2) is 4.79 Å². The molecule has 23 heavy (non-hydrogen) atoms. The first kappa shape index (κ1) is 17.1. The number of carbonyl (C=O) groups is 2. The van der Waals surface area contributed by atoms with Crippen molar-refractivity contribution in [2.45, 2.75) is 26.9 Å². The van der Waals surface area contributed by atoms with Gasteiger partial charge in [0.05, 0.1) is 7.11 Å². The van der Waals surface area contributed by atoms with Crippen LogP contribution in [0.15, 0.2) is 24.3 Å². The molecule has 0 bridgehead atoms. The Hall–Kier alpha value is -2.27. The molecule has 0 saturated carbocycles. The molecule has 0 saturated heterocycles. The smallest absolute Gasteiger partial charge is 0.354 e. The number of benzene rings is 1. The number of aromatic nitrogens is 1. The number of rotatable bonds is 5. The molecule has 1 aromatic heterocycles. The molecule has 1 atom stereocenters. The molecule has 5 nitrogen and oxygen atoms in total. The zero-order valence-corrected chi connectivity index (χ0v) is 14.2. The molecule has 1 N–H and O–H groups in total. The lowest BCUT2D eigenvalue weighted by Gasteiger charge is -2.14. The van der Waals surface area contributed by atoms with Gasteiger partial charge in [-0.05, 0) is 50.6 Å². The minimum atomic E-state index is -0.699. The van der Waals surface area contributed by atoms with Crippen LogP contribution in [0.2, 0.25) is 5.02 Å². The number of Topliss-reactive ketones (excluding diaryl/α,β-unsaturated/α-hetero) is 1. The van der Waals surface area contributed by atoms with Crippen molar-refractivity contribution in [3.63, 3.8) is 0 Å². The lowest BCUT2D eigenvalue weighted by Crippen LogP contribution is -2.25. The average molecular weight is 336 g/mol. The molecule has 0 fully saturated rings. The summed E-state index contributed by atoms with van der Waals surface area (Å²) in [4.78, 5) is 27.3. The van der Waals surface area contributed by atoms with Crippen LogP contribution in [0.4, 0.5) is 0 Å². The fourth-order valence-electron chi connectivity index (χ4n) is 2.40. The SMILES string of the molecule is COC(=O)c1[nH]c(C)c(C(=O)C(C)Oc2ccc(Cl)cc2)c1C. The van der Waals surface area contributed by atoms with E-state index in [2.05, 4.69) is 4.98 Å². The van der Waals surface area contributed by atoms with Gasteiger partial charge in [0.25, 0.3) is 0 Å². The zero-order valence-electron chi connectivity index (χ0n) is 13.4. The van der Waals surface area contributed by atoms with Crippen LogP contribution in [0, 0.1) is 13.8 Å². The number of esters is 1. The average Bonchev–Trinajstić information content (AvgIpc) is 2.82. The first-order chi connectivity index (χ1) is 10.8. The van der Waals surface area contributed by atoms with Gasteiger partial charge in [-0.15, -0.1) is 0 Å². The standard InChI is InChI=1S/C17H18ClNO4/c1-9-14(10(2)19-15(9)17(21)22-4)16(20)11(3)23-13-7-5-12(18)6-8-13/h5-8,11,19H,1-4H3. The van der Waals surface area contributed by atoms with Gasteiger partial charge >= 0.3 is 5.97 Å². The monoisotopic (exact) mass is 335 g/mol. The third-order valence-corrected chi connectivity index (χ3v) is 3.82. The van der Waals surface area contributed by atoms with E-state index >= 15 is 0 Å². The van der Waals surface area contributed by atoms with Gasteiger partial charge in [-0.3, -0.25) is 4.79 Å². The summed E-state index contributed by atoms with van der Waals surface area (Å²) in [5.74, 6) is -0.161. The summed E-state index contributed by atoms with van der Waals surface area (Å²) in [5.41, 5.74) is 1.91. The third kappa shape index (κ3) is 3.56. The lowest BCUT2D eigenvalue weighted by atomic mass is 10.0. The highest BCUT2D eigenvalue weighted by atomic mass is 35.5. The predicted octanol–water partition coefficient (Wildman–Crippen LogP) is 3.72. The second kappa shape index (κ2) is 6.87. The maximum Gasteiger partial charge on any atom is 0.354 e. The lowest BCUT2D eigenvalue weighted by molar-refractivity contribution is 0.0594. The third-order valence-electron chi connectivity index (χ3n) is 3.57. The van der Waals surface area contributed by atoms with Crippen molar-refractivity contribution in [2.24, 2.45) is 0 Å².